The van der Waals surface area contributed by atoms with Crippen LogP contribution in [0.25, 0.3) is 10.6 Å². The van der Waals surface area contributed by atoms with Crippen LogP contribution in [-0.4, -0.2) is 30.6 Å². The molecule has 0 bridgehead atoms. The zero-order chi connectivity index (χ0) is 19.9. The Morgan fingerprint density at radius 3 is 2.50 bits per heavy atom. The van der Waals surface area contributed by atoms with Crippen molar-refractivity contribution in [1.82, 2.24) is 10.3 Å². The lowest BCUT2D eigenvalue weighted by molar-refractivity contribution is -0.127. The summed E-state index contributed by atoms with van der Waals surface area (Å²) < 4.78 is 23.6. The van der Waals surface area contributed by atoms with Crippen LogP contribution in [0.4, 0.5) is 4.39 Å². The summed E-state index contributed by atoms with van der Waals surface area (Å²) in [6.45, 7) is 2.12. The maximum absolute atomic E-state index is 12.9. The highest BCUT2D eigenvalue weighted by atomic mass is 32.1. The number of hydrogen-bond acceptors (Lipinski definition) is 5. The maximum atomic E-state index is 12.9. The molecule has 7 heteroatoms. The Morgan fingerprint density at radius 1 is 1.14 bits per heavy atom. The van der Waals surface area contributed by atoms with Gasteiger partial charge in [0.05, 0.1) is 12.8 Å². The second kappa shape index (κ2) is 9.32. The number of halogens is 1. The van der Waals surface area contributed by atoms with Crippen molar-refractivity contribution in [3.05, 3.63) is 65.4 Å². The number of amides is 1. The number of carbonyl (C=O) groups excluding carboxylic acids is 1. The predicted molar refractivity (Wildman–Crippen MR) is 107 cm³/mol. The number of rotatable bonds is 8. The summed E-state index contributed by atoms with van der Waals surface area (Å²) in [4.78, 5) is 16.8. The molecule has 3 rings (SSSR count). The van der Waals surface area contributed by atoms with Gasteiger partial charge in [-0.2, -0.15) is 0 Å². The van der Waals surface area contributed by atoms with Gasteiger partial charge in [-0.25, -0.2) is 9.37 Å². The number of nitrogens with zero attached hydrogens (tertiary/aromatic N) is 1. The summed E-state index contributed by atoms with van der Waals surface area (Å²) >= 11 is 1.56. The minimum Gasteiger partial charge on any atom is -0.497 e. The summed E-state index contributed by atoms with van der Waals surface area (Å²) in [5, 5.41) is 5.75. The topological polar surface area (TPSA) is 60.5 Å². The van der Waals surface area contributed by atoms with E-state index in [1.54, 1.807) is 25.4 Å². The van der Waals surface area contributed by atoms with E-state index in [-0.39, 0.29) is 11.7 Å². The quantitative estimate of drug-likeness (QED) is 0.619. The zero-order valence-corrected chi connectivity index (χ0v) is 16.5. The van der Waals surface area contributed by atoms with Gasteiger partial charge in [-0.1, -0.05) is 0 Å². The van der Waals surface area contributed by atoms with E-state index in [0.29, 0.717) is 18.7 Å². The van der Waals surface area contributed by atoms with Gasteiger partial charge in [0.15, 0.2) is 6.10 Å². The Balaban J connectivity index is 1.47. The molecule has 3 aromatic rings. The van der Waals surface area contributed by atoms with Crippen molar-refractivity contribution in [3.8, 4) is 22.1 Å². The van der Waals surface area contributed by atoms with E-state index in [9.17, 15) is 9.18 Å². The Hall–Kier alpha value is -2.93. The van der Waals surface area contributed by atoms with Crippen LogP contribution in [-0.2, 0) is 11.2 Å². The van der Waals surface area contributed by atoms with Crippen molar-refractivity contribution >= 4 is 17.2 Å². The van der Waals surface area contributed by atoms with Crippen molar-refractivity contribution < 1.29 is 18.7 Å². The summed E-state index contributed by atoms with van der Waals surface area (Å²) in [7, 11) is 1.64. The van der Waals surface area contributed by atoms with E-state index in [1.165, 1.54) is 24.3 Å². The van der Waals surface area contributed by atoms with E-state index in [0.717, 1.165) is 22.0 Å². The molecule has 0 saturated carbocycles. The van der Waals surface area contributed by atoms with E-state index in [2.05, 4.69) is 10.3 Å². The molecule has 1 N–H and O–H groups in total. The average molecular weight is 400 g/mol. The minimum absolute atomic E-state index is 0.227. The smallest absolute Gasteiger partial charge is 0.260 e. The second-order valence-corrected chi connectivity index (χ2v) is 6.99. The highest BCUT2D eigenvalue weighted by Gasteiger charge is 2.14. The number of methoxy groups -OCH3 is 1. The van der Waals surface area contributed by atoms with Crippen molar-refractivity contribution in [2.24, 2.45) is 0 Å². The molecule has 0 spiro atoms. The Morgan fingerprint density at radius 2 is 1.82 bits per heavy atom. The summed E-state index contributed by atoms with van der Waals surface area (Å²) in [6, 6.07) is 13.3. The number of hydrogen-bond donors (Lipinski definition) is 1. The molecule has 146 valence electrons. The molecular formula is C21H21FN2O3S. The van der Waals surface area contributed by atoms with Gasteiger partial charge in [-0.3, -0.25) is 4.79 Å². The van der Waals surface area contributed by atoms with E-state index >= 15 is 0 Å². The molecule has 0 unspecified atom stereocenters. The molecule has 0 radical (unpaired) electrons. The molecular weight excluding hydrogens is 379 g/mol. The molecule has 1 aromatic heterocycles. The van der Waals surface area contributed by atoms with Crippen LogP contribution < -0.4 is 14.8 Å². The summed E-state index contributed by atoms with van der Waals surface area (Å²) in [5.41, 5.74) is 1.95. The molecule has 0 aliphatic rings. The third-order valence-corrected chi connectivity index (χ3v) is 5.00. The first-order valence-corrected chi connectivity index (χ1v) is 9.72. The first-order chi connectivity index (χ1) is 13.5. The number of nitrogens with one attached hydrogen (secondary N) is 1. The molecule has 2 aromatic carbocycles. The normalized spacial score (nSPS) is 11.7. The third-order valence-electron chi connectivity index (χ3n) is 4.06. The molecule has 0 saturated heterocycles. The van der Waals surface area contributed by atoms with Crippen LogP contribution in [0, 0.1) is 5.82 Å². The SMILES string of the molecule is COc1ccc(-c2nc(CCNC(=O)[C@@H](C)Oc3ccc(F)cc3)cs2)cc1. The van der Waals surface area contributed by atoms with Gasteiger partial charge in [0.2, 0.25) is 0 Å². The number of benzene rings is 2. The monoisotopic (exact) mass is 400 g/mol. The largest absolute Gasteiger partial charge is 0.497 e. The molecule has 0 fully saturated rings. The zero-order valence-electron chi connectivity index (χ0n) is 15.6. The Bertz CT molecular complexity index is 910. The molecule has 0 aliphatic heterocycles. The van der Waals surface area contributed by atoms with Gasteiger partial charge in [0.1, 0.15) is 22.3 Å². The van der Waals surface area contributed by atoms with E-state index in [4.69, 9.17) is 9.47 Å². The molecule has 5 nitrogen and oxygen atoms in total. The van der Waals surface area contributed by atoms with Gasteiger partial charge >= 0.3 is 0 Å². The fourth-order valence-corrected chi connectivity index (χ4v) is 3.38. The molecule has 0 aliphatic carbocycles. The van der Waals surface area contributed by atoms with Crippen LogP contribution in [0.1, 0.15) is 12.6 Å². The lowest BCUT2D eigenvalue weighted by Gasteiger charge is -2.14. The standard InChI is InChI=1S/C21H21FN2O3S/c1-14(27-19-9-5-16(22)6-10-19)20(25)23-12-11-17-13-28-21(24-17)15-3-7-18(26-2)8-4-15/h3-10,13-14H,11-12H2,1-2H3,(H,23,25)/t14-/m1/s1. The third kappa shape index (κ3) is 5.29. The predicted octanol–water partition coefficient (Wildman–Crippen LogP) is 4.08. The summed E-state index contributed by atoms with van der Waals surface area (Å²) in [5.74, 6) is 0.685. The van der Waals surface area contributed by atoms with Gasteiger partial charge in [-0.05, 0) is 55.5 Å². The van der Waals surface area contributed by atoms with E-state index < -0.39 is 6.10 Å². The van der Waals surface area contributed by atoms with Crippen LogP contribution in [0.5, 0.6) is 11.5 Å². The van der Waals surface area contributed by atoms with Crippen molar-refractivity contribution in [2.75, 3.05) is 13.7 Å². The number of thiazole rings is 1. The van der Waals surface area contributed by atoms with Crippen LogP contribution in [0.3, 0.4) is 0 Å². The van der Waals surface area contributed by atoms with Crippen molar-refractivity contribution in [1.29, 1.82) is 0 Å². The van der Waals surface area contributed by atoms with Gasteiger partial charge in [0, 0.05) is 23.9 Å². The lowest BCUT2D eigenvalue weighted by Crippen LogP contribution is -2.37. The Kier molecular flexibility index (Phi) is 6.60. The summed E-state index contributed by atoms with van der Waals surface area (Å²) in [6.07, 6.45) is -0.0439. The first-order valence-electron chi connectivity index (χ1n) is 8.84. The highest BCUT2D eigenvalue weighted by Crippen LogP contribution is 2.25. The minimum atomic E-state index is -0.671. The van der Waals surface area contributed by atoms with Crippen molar-refractivity contribution in [3.63, 3.8) is 0 Å². The highest BCUT2D eigenvalue weighted by molar-refractivity contribution is 7.13. The van der Waals surface area contributed by atoms with Crippen molar-refractivity contribution in [2.45, 2.75) is 19.4 Å². The average Bonchev–Trinajstić information content (AvgIpc) is 3.18. The number of aromatic nitrogens is 1. The van der Waals surface area contributed by atoms with E-state index in [1.807, 2.05) is 29.6 Å². The molecule has 1 atom stereocenters. The number of carbonyl (C=O) groups is 1. The fourth-order valence-electron chi connectivity index (χ4n) is 2.52. The maximum Gasteiger partial charge on any atom is 0.260 e. The number of ether oxygens (including phenoxy) is 2. The van der Waals surface area contributed by atoms with Gasteiger partial charge in [-0.15, -0.1) is 11.3 Å². The molecule has 1 heterocycles. The van der Waals surface area contributed by atoms with Gasteiger partial charge in [0.25, 0.3) is 5.91 Å². The first kappa shape index (κ1) is 19.8. The van der Waals surface area contributed by atoms with Crippen LogP contribution in [0.15, 0.2) is 53.9 Å². The van der Waals surface area contributed by atoms with Gasteiger partial charge < -0.3 is 14.8 Å². The molecule has 1 amide bonds. The van der Waals surface area contributed by atoms with Crippen LogP contribution >= 0.6 is 11.3 Å². The Labute approximate surface area is 167 Å². The second-order valence-electron chi connectivity index (χ2n) is 6.13. The lowest BCUT2D eigenvalue weighted by atomic mass is 10.2. The van der Waals surface area contributed by atoms with Crippen LogP contribution in [0.2, 0.25) is 0 Å². The molecule has 28 heavy (non-hydrogen) atoms. The fraction of sp³-hybridized carbons (Fsp3) is 0.238.